The SMILES string of the molecule is O=C(Nc1ccc(F)cc1Br)c1cccnc1Oc1ccccc1. The molecular weight excluding hydrogens is 375 g/mol. The summed E-state index contributed by atoms with van der Waals surface area (Å²) in [5.41, 5.74) is 0.730. The van der Waals surface area contributed by atoms with E-state index in [2.05, 4.69) is 26.2 Å². The molecule has 0 aliphatic heterocycles. The lowest BCUT2D eigenvalue weighted by Crippen LogP contribution is -2.14. The van der Waals surface area contributed by atoms with Crippen LogP contribution in [-0.2, 0) is 0 Å². The summed E-state index contributed by atoms with van der Waals surface area (Å²) < 4.78 is 19.3. The van der Waals surface area contributed by atoms with Crippen molar-refractivity contribution in [3.05, 3.63) is 82.7 Å². The third-order valence-corrected chi connectivity index (χ3v) is 3.81. The summed E-state index contributed by atoms with van der Waals surface area (Å²) in [5.74, 6) is -0.0247. The summed E-state index contributed by atoms with van der Waals surface area (Å²) in [6.07, 6.45) is 1.54. The van der Waals surface area contributed by atoms with E-state index in [0.29, 0.717) is 15.9 Å². The summed E-state index contributed by atoms with van der Waals surface area (Å²) in [5, 5.41) is 2.71. The van der Waals surface area contributed by atoms with E-state index in [1.54, 1.807) is 30.5 Å². The smallest absolute Gasteiger partial charge is 0.261 e. The van der Waals surface area contributed by atoms with Crippen molar-refractivity contribution in [2.75, 3.05) is 5.32 Å². The first-order chi connectivity index (χ1) is 11.6. The quantitative estimate of drug-likeness (QED) is 0.684. The number of rotatable bonds is 4. The Balaban J connectivity index is 1.85. The van der Waals surface area contributed by atoms with Gasteiger partial charge >= 0.3 is 0 Å². The largest absolute Gasteiger partial charge is 0.438 e. The normalized spacial score (nSPS) is 10.2. The third-order valence-electron chi connectivity index (χ3n) is 3.15. The standard InChI is InChI=1S/C18H12BrFN2O2/c19-15-11-12(20)8-9-16(15)22-17(23)14-7-4-10-21-18(14)24-13-5-2-1-3-6-13/h1-11H,(H,22,23). The molecule has 0 bridgehead atoms. The molecular formula is C18H12BrFN2O2. The highest BCUT2D eigenvalue weighted by Gasteiger charge is 2.15. The van der Waals surface area contributed by atoms with Gasteiger partial charge in [0, 0.05) is 10.7 Å². The fourth-order valence-electron chi connectivity index (χ4n) is 2.03. The number of ether oxygens (including phenoxy) is 1. The zero-order valence-corrected chi connectivity index (χ0v) is 14.0. The van der Waals surface area contributed by atoms with Gasteiger partial charge < -0.3 is 10.1 Å². The lowest BCUT2D eigenvalue weighted by Gasteiger charge is -2.11. The van der Waals surface area contributed by atoms with Crippen molar-refractivity contribution in [2.24, 2.45) is 0 Å². The van der Waals surface area contributed by atoms with Crippen molar-refractivity contribution in [3.63, 3.8) is 0 Å². The van der Waals surface area contributed by atoms with E-state index < -0.39 is 11.7 Å². The van der Waals surface area contributed by atoms with Gasteiger partial charge in [0.25, 0.3) is 5.91 Å². The molecule has 0 radical (unpaired) electrons. The highest BCUT2D eigenvalue weighted by molar-refractivity contribution is 9.10. The van der Waals surface area contributed by atoms with Crippen LogP contribution in [0.3, 0.4) is 0 Å². The summed E-state index contributed by atoms with van der Waals surface area (Å²) in [6.45, 7) is 0. The number of amides is 1. The van der Waals surface area contributed by atoms with Crippen molar-refractivity contribution in [1.82, 2.24) is 4.98 Å². The predicted molar refractivity (Wildman–Crippen MR) is 92.8 cm³/mol. The van der Waals surface area contributed by atoms with E-state index in [0.717, 1.165) is 0 Å². The molecule has 24 heavy (non-hydrogen) atoms. The van der Waals surface area contributed by atoms with Crippen LogP contribution in [-0.4, -0.2) is 10.9 Å². The van der Waals surface area contributed by atoms with E-state index in [1.807, 2.05) is 18.2 Å². The molecule has 1 heterocycles. The number of carbonyl (C=O) groups excluding carboxylic acids is 1. The Kier molecular flexibility index (Phi) is 4.86. The molecule has 1 N–H and O–H groups in total. The summed E-state index contributed by atoms with van der Waals surface area (Å²) in [4.78, 5) is 16.6. The summed E-state index contributed by atoms with van der Waals surface area (Å²) in [6, 6.07) is 16.3. The number of pyridine rings is 1. The van der Waals surface area contributed by atoms with Crippen molar-refractivity contribution < 1.29 is 13.9 Å². The minimum absolute atomic E-state index is 0.194. The molecule has 0 atom stereocenters. The first-order valence-electron chi connectivity index (χ1n) is 7.08. The van der Waals surface area contributed by atoms with Gasteiger partial charge in [-0.25, -0.2) is 9.37 Å². The molecule has 2 aromatic carbocycles. The molecule has 1 amide bonds. The van der Waals surface area contributed by atoms with Crippen LogP contribution < -0.4 is 10.1 Å². The number of nitrogens with one attached hydrogen (secondary N) is 1. The molecule has 0 unspecified atom stereocenters. The fraction of sp³-hybridized carbons (Fsp3) is 0. The van der Waals surface area contributed by atoms with E-state index in [4.69, 9.17) is 4.74 Å². The van der Waals surface area contributed by atoms with Gasteiger partial charge in [0.2, 0.25) is 5.88 Å². The van der Waals surface area contributed by atoms with Gasteiger partial charge in [0.15, 0.2) is 0 Å². The lowest BCUT2D eigenvalue weighted by molar-refractivity contribution is 0.102. The van der Waals surface area contributed by atoms with Crippen molar-refractivity contribution in [3.8, 4) is 11.6 Å². The molecule has 0 spiro atoms. The third kappa shape index (κ3) is 3.78. The Hall–Kier alpha value is -2.73. The van der Waals surface area contributed by atoms with Gasteiger partial charge in [-0.3, -0.25) is 4.79 Å². The molecule has 0 fully saturated rings. The van der Waals surface area contributed by atoms with Crippen LogP contribution in [0.5, 0.6) is 11.6 Å². The van der Waals surface area contributed by atoms with Gasteiger partial charge in [0.05, 0.1) is 5.69 Å². The highest BCUT2D eigenvalue weighted by Crippen LogP contribution is 2.26. The maximum atomic E-state index is 13.1. The highest BCUT2D eigenvalue weighted by atomic mass is 79.9. The number of hydrogen-bond donors (Lipinski definition) is 1. The predicted octanol–water partition coefficient (Wildman–Crippen LogP) is 5.03. The summed E-state index contributed by atoms with van der Waals surface area (Å²) in [7, 11) is 0. The van der Waals surface area contributed by atoms with Crippen LogP contribution in [0.25, 0.3) is 0 Å². The number of carbonyl (C=O) groups is 1. The molecule has 3 aromatic rings. The number of anilines is 1. The van der Waals surface area contributed by atoms with Crippen molar-refractivity contribution in [1.29, 1.82) is 0 Å². The zero-order valence-electron chi connectivity index (χ0n) is 12.4. The molecule has 0 aliphatic carbocycles. The Morgan fingerprint density at radius 2 is 1.88 bits per heavy atom. The maximum absolute atomic E-state index is 13.1. The van der Waals surface area contributed by atoms with Gasteiger partial charge in [-0.15, -0.1) is 0 Å². The van der Waals surface area contributed by atoms with Crippen LogP contribution in [0.4, 0.5) is 10.1 Å². The average Bonchev–Trinajstić information content (AvgIpc) is 2.59. The van der Waals surface area contributed by atoms with Crippen LogP contribution in [0.15, 0.2) is 71.3 Å². The first kappa shape index (κ1) is 16.1. The number of halogens is 2. The summed E-state index contributed by atoms with van der Waals surface area (Å²) >= 11 is 3.22. The molecule has 1 aromatic heterocycles. The Morgan fingerprint density at radius 3 is 2.62 bits per heavy atom. The number of benzene rings is 2. The second-order valence-electron chi connectivity index (χ2n) is 4.85. The topological polar surface area (TPSA) is 51.2 Å². The second-order valence-corrected chi connectivity index (χ2v) is 5.70. The first-order valence-corrected chi connectivity index (χ1v) is 7.87. The maximum Gasteiger partial charge on any atom is 0.261 e. The van der Waals surface area contributed by atoms with Gasteiger partial charge in [-0.2, -0.15) is 0 Å². The molecule has 0 saturated carbocycles. The van der Waals surface area contributed by atoms with E-state index in [-0.39, 0.29) is 11.4 Å². The molecule has 4 nitrogen and oxygen atoms in total. The van der Waals surface area contributed by atoms with Crippen molar-refractivity contribution >= 4 is 27.5 Å². The number of aromatic nitrogens is 1. The minimum atomic E-state index is -0.402. The van der Waals surface area contributed by atoms with Crippen LogP contribution in [0, 0.1) is 5.82 Å². The van der Waals surface area contributed by atoms with E-state index in [9.17, 15) is 9.18 Å². The van der Waals surface area contributed by atoms with E-state index in [1.165, 1.54) is 18.2 Å². The molecule has 0 saturated heterocycles. The lowest BCUT2D eigenvalue weighted by atomic mass is 10.2. The minimum Gasteiger partial charge on any atom is -0.438 e. The Bertz CT molecular complexity index is 872. The van der Waals surface area contributed by atoms with Crippen molar-refractivity contribution in [2.45, 2.75) is 0 Å². The number of nitrogens with zero attached hydrogens (tertiary/aromatic N) is 1. The monoisotopic (exact) mass is 386 g/mol. The molecule has 0 aliphatic rings. The van der Waals surface area contributed by atoms with Gasteiger partial charge in [-0.05, 0) is 58.4 Å². The Morgan fingerprint density at radius 1 is 1.08 bits per heavy atom. The Labute approximate surface area is 146 Å². The molecule has 6 heteroatoms. The second kappa shape index (κ2) is 7.23. The fourth-order valence-corrected chi connectivity index (χ4v) is 2.48. The van der Waals surface area contributed by atoms with Gasteiger partial charge in [-0.1, -0.05) is 18.2 Å². The molecule has 3 rings (SSSR count). The van der Waals surface area contributed by atoms with Crippen LogP contribution in [0.1, 0.15) is 10.4 Å². The number of para-hydroxylation sites is 1. The van der Waals surface area contributed by atoms with Crippen LogP contribution >= 0.6 is 15.9 Å². The number of hydrogen-bond acceptors (Lipinski definition) is 3. The van der Waals surface area contributed by atoms with Gasteiger partial charge in [0.1, 0.15) is 17.1 Å². The molecule has 120 valence electrons. The van der Waals surface area contributed by atoms with Crippen LogP contribution in [0.2, 0.25) is 0 Å². The zero-order chi connectivity index (χ0) is 16.9. The average molecular weight is 387 g/mol. The van der Waals surface area contributed by atoms with E-state index >= 15 is 0 Å².